The van der Waals surface area contributed by atoms with E-state index in [1.807, 2.05) is 13.8 Å². The van der Waals surface area contributed by atoms with Gasteiger partial charge in [-0.1, -0.05) is 13.8 Å². The van der Waals surface area contributed by atoms with E-state index in [1.165, 1.54) is 0 Å². The zero-order valence-electron chi connectivity index (χ0n) is 9.50. The number of carbonyl (C=O) groups excluding carboxylic acids is 2. The molecule has 0 spiro atoms. The highest BCUT2D eigenvalue weighted by atomic mass is 16.2. The summed E-state index contributed by atoms with van der Waals surface area (Å²) in [5, 5.41) is 2.58. The lowest BCUT2D eigenvalue weighted by atomic mass is 9.89. The molecule has 0 aromatic rings. The average Bonchev–Trinajstić information content (AvgIpc) is 2.12. The molecule has 1 atom stereocenters. The molecular formula is C10H17N3O2. The van der Waals surface area contributed by atoms with Crippen LogP contribution in [0.15, 0.2) is 4.99 Å². The Bertz CT molecular complexity index is 332. The smallest absolute Gasteiger partial charge is 0.262 e. The quantitative estimate of drug-likeness (QED) is 0.633. The summed E-state index contributed by atoms with van der Waals surface area (Å²) in [5.41, 5.74) is 4.72. The fourth-order valence-corrected chi connectivity index (χ4v) is 1.12. The van der Waals surface area contributed by atoms with Crippen LogP contribution in [0.4, 0.5) is 0 Å². The van der Waals surface area contributed by atoms with Crippen molar-refractivity contribution in [2.45, 2.75) is 33.7 Å². The Labute approximate surface area is 89.1 Å². The van der Waals surface area contributed by atoms with E-state index in [4.69, 9.17) is 5.73 Å². The first kappa shape index (κ1) is 11.8. The summed E-state index contributed by atoms with van der Waals surface area (Å²) in [4.78, 5) is 27.0. The zero-order chi connectivity index (χ0) is 11.8. The molecule has 0 radical (unpaired) electrons. The number of hydrogen-bond acceptors (Lipinski definition) is 3. The van der Waals surface area contributed by atoms with Crippen LogP contribution in [0, 0.1) is 11.3 Å². The lowest BCUT2D eigenvalue weighted by Crippen LogP contribution is -2.55. The molecule has 1 heterocycles. The van der Waals surface area contributed by atoms with Crippen LogP contribution >= 0.6 is 0 Å². The predicted octanol–water partition coefficient (Wildman–Crippen LogP) is 0.0508. The van der Waals surface area contributed by atoms with E-state index < -0.39 is 17.4 Å². The molecule has 0 bridgehead atoms. The molecule has 0 fully saturated rings. The molecule has 3 N–H and O–H groups in total. The van der Waals surface area contributed by atoms with Gasteiger partial charge in [-0.2, -0.15) is 4.99 Å². The summed E-state index contributed by atoms with van der Waals surface area (Å²) in [7, 11) is 0. The first-order chi connectivity index (χ1) is 6.76. The third-order valence-electron chi connectivity index (χ3n) is 2.60. The third-order valence-corrected chi connectivity index (χ3v) is 2.60. The molecular weight excluding hydrogens is 194 g/mol. The Morgan fingerprint density at radius 1 is 1.33 bits per heavy atom. The van der Waals surface area contributed by atoms with Crippen molar-refractivity contribution in [3.63, 3.8) is 0 Å². The number of nitrogens with zero attached hydrogens (tertiary/aromatic N) is 1. The third kappa shape index (κ3) is 2.07. The van der Waals surface area contributed by atoms with Gasteiger partial charge in [-0.15, -0.1) is 0 Å². The summed E-state index contributed by atoms with van der Waals surface area (Å²) < 4.78 is 0. The second kappa shape index (κ2) is 3.73. The monoisotopic (exact) mass is 211 g/mol. The maximum atomic E-state index is 11.6. The van der Waals surface area contributed by atoms with E-state index in [0.717, 1.165) is 0 Å². The van der Waals surface area contributed by atoms with Crippen LogP contribution in [0.25, 0.3) is 0 Å². The minimum atomic E-state index is -1.08. The summed E-state index contributed by atoms with van der Waals surface area (Å²) in [6.07, 6.45) is 0. The molecule has 84 valence electrons. The van der Waals surface area contributed by atoms with E-state index in [9.17, 15) is 9.59 Å². The van der Waals surface area contributed by atoms with Crippen molar-refractivity contribution in [3.05, 3.63) is 0 Å². The average molecular weight is 211 g/mol. The number of carbonyl (C=O) groups is 2. The van der Waals surface area contributed by atoms with Crippen LogP contribution in [-0.4, -0.2) is 23.7 Å². The number of aliphatic imine (C=N–C) groups is 1. The first-order valence-electron chi connectivity index (χ1n) is 4.97. The summed E-state index contributed by atoms with van der Waals surface area (Å²) in [6, 6.07) is -0.408. The minimum Gasteiger partial charge on any atom is -0.321 e. The van der Waals surface area contributed by atoms with Crippen molar-refractivity contribution < 1.29 is 9.59 Å². The van der Waals surface area contributed by atoms with Crippen molar-refractivity contribution in [1.29, 1.82) is 0 Å². The standard InChI is InChI=1S/C10H17N3O2/c1-5(2)6(11)7-12-8(14)10(3,4)9(15)13-7/h5-6H,11H2,1-4H3,(H,12,13,14,15). The largest absolute Gasteiger partial charge is 0.321 e. The molecule has 0 saturated heterocycles. The van der Waals surface area contributed by atoms with E-state index in [0.29, 0.717) is 0 Å². The van der Waals surface area contributed by atoms with Crippen LogP contribution in [0.5, 0.6) is 0 Å². The first-order valence-corrected chi connectivity index (χ1v) is 4.97. The van der Waals surface area contributed by atoms with Gasteiger partial charge in [-0.25, -0.2) is 0 Å². The molecule has 15 heavy (non-hydrogen) atoms. The molecule has 1 rings (SSSR count). The van der Waals surface area contributed by atoms with Crippen molar-refractivity contribution >= 4 is 17.6 Å². The Morgan fingerprint density at radius 3 is 2.27 bits per heavy atom. The molecule has 1 unspecified atom stereocenters. The molecule has 1 aliphatic rings. The summed E-state index contributed by atoms with van der Waals surface area (Å²) >= 11 is 0. The maximum Gasteiger partial charge on any atom is 0.262 e. The van der Waals surface area contributed by atoms with Crippen molar-refractivity contribution in [1.82, 2.24) is 5.32 Å². The van der Waals surface area contributed by atoms with Gasteiger partial charge in [0.2, 0.25) is 5.91 Å². The summed E-state index contributed by atoms with van der Waals surface area (Å²) in [5.74, 6) is -0.372. The Morgan fingerprint density at radius 2 is 1.87 bits per heavy atom. The molecule has 0 saturated carbocycles. The SMILES string of the molecule is CC(C)C(N)C1=NC(=O)C(C)(C)C(=O)N1. The van der Waals surface area contributed by atoms with Crippen molar-refractivity contribution in [2.24, 2.45) is 22.1 Å². The summed E-state index contributed by atoms with van der Waals surface area (Å²) in [6.45, 7) is 6.91. The van der Waals surface area contributed by atoms with Crippen LogP contribution in [-0.2, 0) is 9.59 Å². The fourth-order valence-electron chi connectivity index (χ4n) is 1.12. The molecule has 0 aromatic heterocycles. The van der Waals surface area contributed by atoms with E-state index in [-0.39, 0.29) is 17.7 Å². The van der Waals surface area contributed by atoms with E-state index in [2.05, 4.69) is 10.3 Å². The van der Waals surface area contributed by atoms with Gasteiger partial charge in [0.25, 0.3) is 5.91 Å². The number of amidine groups is 1. The van der Waals surface area contributed by atoms with E-state index >= 15 is 0 Å². The lowest BCUT2D eigenvalue weighted by Gasteiger charge is -2.28. The van der Waals surface area contributed by atoms with Gasteiger partial charge in [0.15, 0.2) is 0 Å². The number of nitrogens with two attached hydrogens (primary N) is 1. The Balaban J connectivity index is 2.98. The van der Waals surface area contributed by atoms with Gasteiger partial charge in [-0.05, 0) is 19.8 Å². The van der Waals surface area contributed by atoms with Gasteiger partial charge >= 0.3 is 0 Å². The molecule has 5 nitrogen and oxygen atoms in total. The second-order valence-electron chi connectivity index (χ2n) is 4.65. The second-order valence-corrected chi connectivity index (χ2v) is 4.65. The van der Waals surface area contributed by atoms with E-state index in [1.54, 1.807) is 13.8 Å². The highest BCUT2D eigenvalue weighted by Crippen LogP contribution is 2.21. The Kier molecular flexibility index (Phi) is 2.95. The molecule has 0 aromatic carbocycles. The minimum absolute atomic E-state index is 0.123. The van der Waals surface area contributed by atoms with Gasteiger partial charge in [0, 0.05) is 0 Å². The molecule has 1 aliphatic heterocycles. The zero-order valence-corrected chi connectivity index (χ0v) is 9.50. The number of hydrogen-bond donors (Lipinski definition) is 2. The van der Waals surface area contributed by atoms with Gasteiger partial charge in [0.05, 0.1) is 6.04 Å². The van der Waals surface area contributed by atoms with Crippen LogP contribution < -0.4 is 11.1 Å². The topological polar surface area (TPSA) is 84.5 Å². The predicted molar refractivity (Wildman–Crippen MR) is 57.2 cm³/mol. The molecule has 5 heteroatoms. The van der Waals surface area contributed by atoms with Gasteiger partial charge in [0.1, 0.15) is 11.3 Å². The highest BCUT2D eigenvalue weighted by molar-refractivity contribution is 6.19. The maximum absolute atomic E-state index is 11.6. The van der Waals surface area contributed by atoms with Crippen LogP contribution in [0.3, 0.4) is 0 Å². The Hall–Kier alpha value is -1.23. The van der Waals surface area contributed by atoms with Gasteiger partial charge in [-0.3, -0.25) is 9.59 Å². The molecule has 0 aliphatic carbocycles. The fraction of sp³-hybridized carbons (Fsp3) is 0.700. The normalized spacial score (nSPS) is 22.4. The highest BCUT2D eigenvalue weighted by Gasteiger charge is 2.41. The van der Waals surface area contributed by atoms with Crippen molar-refractivity contribution in [2.75, 3.05) is 0 Å². The number of rotatable bonds is 2. The van der Waals surface area contributed by atoms with Gasteiger partial charge < -0.3 is 11.1 Å². The lowest BCUT2D eigenvalue weighted by molar-refractivity contribution is -0.139. The number of amides is 2. The van der Waals surface area contributed by atoms with Crippen LogP contribution in [0.2, 0.25) is 0 Å². The molecule has 2 amide bonds. The van der Waals surface area contributed by atoms with Crippen molar-refractivity contribution in [3.8, 4) is 0 Å². The van der Waals surface area contributed by atoms with Crippen LogP contribution in [0.1, 0.15) is 27.7 Å². The number of nitrogens with one attached hydrogen (secondary N) is 1.